The molecular formula is C18H18ClN3O2S2. The lowest BCUT2D eigenvalue weighted by atomic mass is 10.2. The Morgan fingerprint density at radius 2 is 2.08 bits per heavy atom. The third-order valence-electron chi connectivity index (χ3n) is 4.10. The van der Waals surface area contributed by atoms with E-state index in [1.165, 1.54) is 0 Å². The third-order valence-corrected chi connectivity index (χ3v) is 6.77. The smallest absolute Gasteiger partial charge is 0.166 e. The number of nitrogens with zero attached hydrogens (tertiary/aromatic N) is 2. The fraction of sp³-hybridized carbons (Fsp3) is 0.278. The number of morpholine rings is 1. The van der Waals surface area contributed by atoms with Crippen LogP contribution in [0.25, 0.3) is 11.0 Å². The number of rotatable bonds is 5. The van der Waals surface area contributed by atoms with Gasteiger partial charge < -0.3 is 9.72 Å². The SMILES string of the molecule is O=S(c1ccc2nc(SCc3cccc(Cl)c3)[nH]c2c1)N1CCOCC1. The van der Waals surface area contributed by atoms with Gasteiger partial charge in [0.25, 0.3) is 0 Å². The lowest BCUT2D eigenvalue weighted by Gasteiger charge is -2.25. The topological polar surface area (TPSA) is 58.2 Å². The normalized spacial score (nSPS) is 16.8. The van der Waals surface area contributed by atoms with Gasteiger partial charge >= 0.3 is 0 Å². The van der Waals surface area contributed by atoms with Crippen molar-refractivity contribution in [3.63, 3.8) is 0 Å². The van der Waals surface area contributed by atoms with Gasteiger partial charge in [0.15, 0.2) is 5.16 Å². The van der Waals surface area contributed by atoms with Crippen LogP contribution in [0.15, 0.2) is 52.5 Å². The fourth-order valence-corrected chi connectivity index (χ4v) is 5.01. The van der Waals surface area contributed by atoms with Crippen LogP contribution in [0.2, 0.25) is 5.02 Å². The van der Waals surface area contributed by atoms with Gasteiger partial charge in [-0.05, 0) is 35.9 Å². The Morgan fingerprint density at radius 1 is 1.23 bits per heavy atom. The van der Waals surface area contributed by atoms with E-state index in [4.69, 9.17) is 16.3 Å². The van der Waals surface area contributed by atoms with Crippen LogP contribution in [0, 0.1) is 0 Å². The second-order valence-corrected chi connectivity index (χ2v) is 8.82. The molecule has 0 spiro atoms. The highest BCUT2D eigenvalue weighted by atomic mass is 35.5. The zero-order valence-electron chi connectivity index (χ0n) is 14.0. The first kappa shape index (κ1) is 18.0. The predicted octanol–water partition coefficient (Wildman–Crippen LogP) is 3.86. The van der Waals surface area contributed by atoms with Crippen molar-refractivity contribution in [3.8, 4) is 0 Å². The number of aromatic nitrogens is 2. The average Bonchev–Trinajstić information content (AvgIpc) is 3.08. The molecule has 136 valence electrons. The Hall–Kier alpha value is -1.38. The van der Waals surface area contributed by atoms with Crippen molar-refractivity contribution in [2.75, 3.05) is 26.3 Å². The van der Waals surface area contributed by atoms with Crippen molar-refractivity contribution in [3.05, 3.63) is 53.1 Å². The van der Waals surface area contributed by atoms with E-state index in [0.29, 0.717) is 26.3 Å². The van der Waals surface area contributed by atoms with Gasteiger partial charge in [0.2, 0.25) is 0 Å². The molecule has 0 amide bonds. The number of H-pyrrole nitrogens is 1. The molecule has 1 atom stereocenters. The molecule has 1 aliphatic rings. The minimum absolute atomic E-state index is 0.627. The quantitative estimate of drug-likeness (QED) is 0.652. The van der Waals surface area contributed by atoms with Crippen molar-refractivity contribution in [1.82, 2.24) is 14.3 Å². The van der Waals surface area contributed by atoms with E-state index in [9.17, 15) is 4.21 Å². The summed E-state index contributed by atoms with van der Waals surface area (Å²) in [6, 6.07) is 13.6. The maximum atomic E-state index is 12.7. The van der Waals surface area contributed by atoms with Crippen LogP contribution in [0.1, 0.15) is 5.56 Å². The summed E-state index contributed by atoms with van der Waals surface area (Å²) in [5.74, 6) is 0.785. The van der Waals surface area contributed by atoms with Crippen LogP contribution in [0.4, 0.5) is 0 Å². The molecule has 0 bridgehead atoms. The van der Waals surface area contributed by atoms with E-state index in [2.05, 4.69) is 9.97 Å². The van der Waals surface area contributed by atoms with Crippen molar-refractivity contribution in [1.29, 1.82) is 0 Å². The number of imidazole rings is 1. The van der Waals surface area contributed by atoms with E-state index in [1.54, 1.807) is 11.8 Å². The highest BCUT2D eigenvalue weighted by Crippen LogP contribution is 2.25. The number of thioether (sulfide) groups is 1. The number of ether oxygens (including phenoxy) is 1. The number of halogens is 1. The monoisotopic (exact) mass is 407 g/mol. The molecule has 2 aromatic carbocycles. The van der Waals surface area contributed by atoms with E-state index in [1.807, 2.05) is 46.8 Å². The molecule has 1 unspecified atom stereocenters. The summed E-state index contributed by atoms with van der Waals surface area (Å²) in [4.78, 5) is 8.71. The maximum absolute atomic E-state index is 12.7. The summed E-state index contributed by atoms with van der Waals surface area (Å²) in [6.07, 6.45) is 0. The Labute approximate surface area is 163 Å². The van der Waals surface area contributed by atoms with Gasteiger partial charge in [-0.3, -0.25) is 0 Å². The van der Waals surface area contributed by atoms with Crippen molar-refractivity contribution >= 4 is 45.4 Å². The highest BCUT2D eigenvalue weighted by molar-refractivity contribution is 7.98. The van der Waals surface area contributed by atoms with Gasteiger partial charge in [-0.25, -0.2) is 13.5 Å². The van der Waals surface area contributed by atoms with Gasteiger partial charge in [-0.2, -0.15) is 0 Å². The van der Waals surface area contributed by atoms with Crippen LogP contribution in [0.3, 0.4) is 0 Å². The second-order valence-electron chi connectivity index (χ2n) is 5.93. The molecule has 0 aliphatic carbocycles. The molecule has 0 radical (unpaired) electrons. The lowest BCUT2D eigenvalue weighted by molar-refractivity contribution is 0.0752. The molecule has 2 heterocycles. The minimum Gasteiger partial charge on any atom is -0.379 e. The third kappa shape index (κ3) is 4.13. The van der Waals surface area contributed by atoms with Gasteiger partial charge in [0.05, 0.1) is 29.1 Å². The molecule has 26 heavy (non-hydrogen) atoms. The van der Waals surface area contributed by atoms with Gasteiger partial charge in [0, 0.05) is 23.9 Å². The Morgan fingerprint density at radius 3 is 2.88 bits per heavy atom. The summed E-state index contributed by atoms with van der Waals surface area (Å²) in [5, 5.41) is 1.58. The summed E-state index contributed by atoms with van der Waals surface area (Å²) in [7, 11) is -1.17. The standard InChI is InChI=1S/C18H18ClN3O2S2/c19-14-3-1-2-13(10-14)12-25-18-20-16-5-4-15(11-17(16)21-18)26(23)22-6-8-24-9-7-22/h1-5,10-11H,6-9,12H2,(H,20,21). The number of fused-ring (bicyclic) bond motifs is 1. The predicted molar refractivity (Wildman–Crippen MR) is 106 cm³/mol. The van der Waals surface area contributed by atoms with Crippen LogP contribution in [-0.4, -0.2) is 44.8 Å². The van der Waals surface area contributed by atoms with E-state index < -0.39 is 11.0 Å². The maximum Gasteiger partial charge on any atom is 0.166 e. The highest BCUT2D eigenvalue weighted by Gasteiger charge is 2.19. The number of hydrogen-bond acceptors (Lipinski definition) is 4. The molecule has 1 fully saturated rings. The van der Waals surface area contributed by atoms with Crippen LogP contribution in [0.5, 0.6) is 0 Å². The van der Waals surface area contributed by atoms with E-state index in [-0.39, 0.29) is 0 Å². The summed E-state index contributed by atoms with van der Waals surface area (Å²) >= 11 is 7.65. The molecule has 1 N–H and O–H groups in total. The van der Waals surface area contributed by atoms with E-state index in [0.717, 1.165) is 37.4 Å². The molecule has 1 aromatic heterocycles. The largest absolute Gasteiger partial charge is 0.379 e. The Balaban J connectivity index is 1.49. The summed E-state index contributed by atoms with van der Waals surface area (Å²) in [6.45, 7) is 2.63. The number of nitrogens with one attached hydrogen (secondary N) is 1. The van der Waals surface area contributed by atoms with E-state index >= 15 is 0 Å². The molecule has 5 nitrogen and oxygen atoms in total. The molecule has 4 rings (SSSR count). The minimum atomic E-state index is -1.17. The first-order valence-electron chi connectivity index (χ1n) is 8.31. The van der Waals surface area contributed by atoms with Crippen LogP contribution in [-0.2, 0) is 21.5 Å². The average molecular weight is 408 g/mol. The number of benzene rings is 2. The molecular weight excluding hydrogens is 390 g/mol. The molecule has 1 saturated heterocycles. The van der Waals surface area contributed by atoms with Crippen LogP contribution < -0.4 is 0 Å². The number of aromatic amines is 1. The van der Waals surface area contributed by atoms with Crippen molar-refractivity contribution in [2.24, 2.45) is 0 Å². The van der Waals surface area contributed by atoms with Gasteiger partial charge in [-0.1, -0.05) is 35.5 Å². The van der Waals surface area contributed by atoms with Crippen LogP contribution >= 0.6 is 23.4 Å². The first-order valence-corrected chi connectivity index (χ1v) is 10.8. The second kappa shape index (κ2) is 8.10. The zero-order chi connectivity index (χ0) is 17.9. The fourth-order valence-electron chi connectivity index (χ4n) is 2.78. The summed E-state index contributed by atoms with van der Waals surface area (Å²) in [5.41, 5.74) is 2.93. The molecule has 8 heteroatoms. The molecule has 0 saturated carbocycles. The Bertz CT molecular complexity index is 941. The lowest BCUT2D eigenvalue weighted by Crippen LogP contribution is -2.37. The summed E-state index contributed by atoms with van der Waals surface area (Å²) < 4.78 is 20.0. The number of hydrogen-bond donors (Lipinski definition) is 1. The van der Waals surface area contributed by atoms with Crippen molar-refractivity contribution in [2.45, 2.75) is 15.8 Å². The zero-order valence-corrected chi connectivity index (χ0v) is 16.4. The Kier molecular flexibility index (Phi) is 5.61. The van der Waals surface area contributed by atoms with Gasteiger partial charge in [0.1, 0.15) is 11.0 Å². The van der Waals surface area contributed by atoms with Gasteiger partial charge in [-0.15, -0.1) is 0 Å². The molecule has 3 aromatic rings. The first-order chi connectivity index (χ1) is 12.7. The molecule has 1 aliphatic heterocycles. The van der Waals surface area contributed by atoms with Crippen molar-refractivity contribution < 1.29 is 8.95 Å².